The molecule has 0 aliphatic rings. The summed E-state index contributed by atoms with van der Waals surface area (Å²) >= 11 is 3.19. The quantitative estimate of drug-likeness (QED) is 0.124. The summed E-state index contributed by atoms with van der Waals surface area (Å²) in [4.78, 5) is 49.6. The first-order valence-electron chi connectivity index (χ1n) is 17.5. The Labute approximate surface area is 320 Å². The molecule has 7 rings (SSSR count). The van der Waals surface area contributed by atoms with Gasteiger partial charge in [0, 0.05) is 48.7 Å². The minimum absolute atomic E-state index is 0.0553. The molecule has 2 aromatic heterocycles. The van der Waals surface area contributed by atoms with Gasteiger partial charge < -0.3 is 20.4 Å². The zero-order valence-corrected chi connectivity index (χ0v) is 31.4. The number of thiophene rings is 1. The lowest BCUT2D eigenvalue weighted by Gasteiger charge is -2.27. The molecule has 2 heterocycles. The third-order valence-corrected chi connectivity index (χ3v) is 11.1. The first kappa shape index (κ1) is 36.4. The molecule has 5 aromatic carbocycles. The number of likely N-dealkylation sites (N-methyl/N-ethyl adjacent to an activating group) is 2. The van der Waals surface area contributed by atoms with E-state index < -0.39 is 29.7 Å². The van der Waals surface area contributed by atoms with E-state index in [9.17, 15) is 14.4 Å². The molecule has 0 spiro atoms. The van der Waals surface area contributed by atoms with Gasteiger partial charge in [-0.15, -0.1) is 22.7 Å². The summed E-state index contributed by atoms with van der Waals surface area (Å²) in [6.45, 7) is 0.449. The topological polar surface area (TPSA) is 94.6 Å². The molecule has 0 aliphatic heterocycles. The SMILES string of the molecule is CN(C[C@H](Cc1ccccc1)NC(=O)c1cc(C(=O)N[C@@H](Cc2ccccc2)C(=O)N(C)c2ccc3scnc3c2)ccc1F)c1ccc2sccc2c1. The molecule has 0 saturated heterocycles. The van der Waals surface area contributed by atoms with Gasteiger partial charge >= 0.3 is 0 Å². The van der Waals surface area contributed by atoms with Crippen LogP contribution < -0.4 is 20.4 Å². The maximum Gasteiger partial charge on any atom is 0.254 e. The average molecular weight is 756 g/mol. The van der Waals surface area contributed by atoms with Crippen LogP contribution in [0, 0.1) is 5.82 Å². The Kier molecular flexibility index (Phi) is 11.1. The molecule has 0 radical (unpaired) electrons. The van der Waals surface area contributed by atoms with Crippen LogP contribution in [0.1, 0.15) is 31.8 Å². The zero-order chi connectivity index (χ0) is 37.6. The Hall–Kier alpha value is -5.91. The maximum atomic E-state index is 15.4. The Morgan fingerprint density at radius 1 is 0.722 bits per heavy atom. The standard InChI is InChI=1S/C43H38FN5O3S2/c1-48(33-14-17-39-30(23-33)19-20-53-39)26-32(21-28-9-5-3-6-10-28)46-42(51)35-24-31(13-16-36(35)44)41(50)47-38(22-29-11-7-4-8-12-29)43(52)49(2)34-15-18-40-37(25-34)45-27-54-40/h3-20,23-25,27,32,38H,21-22,26H2,1-2H3,(H,46,51)(H,47,50)/t32-,38-/m0/s1. The molecule has 0 aliphatic carbocycles. The van der Waals surface area contributed by atoms with E-state index in [1.807, 2.05) is 85.9 Å². The number of halogens is 1. The van der Waals surface area contributed by atoms with Gasteiger partial charge in [-0.3, -0.25) is 14.4 Å². The molecule has 0 bridgehead atoms. The van der Waals surface area contributed by atoms with Crippen molar-refractivity contribution in [1.29, 1.82) is 0 Å². The summed E-state index contributed by atoms with van der Waals surface area (Å²) in [6.07, 6.45) is 0.725. The van der Waals surface area contributed by atoms with E-state index in [4.69, 9.17) is 0 Å². The minimum atomic E-state index is -0.961. The number of thiazole rings is 1. The van der Waals surface area contributed by atoms with E-state index >= 15 is 4.39 Å². The van der Waals surface area contributed by atoms with Gasteiger partial charge in [0.2, 0.25) is 5.91 Å². The van der Waals surface area contributed by atoms with Crippen molar-refractivity contribution in [3.63, 3.8) is 0 Å². The average Bonchev–Trinajstić information content (AvgIpc) is 3.87. The van der Waals surface area contributed by atoms with Crippen LogP contribution in [-0.2, 0) is 17.6 Å². The third-order valence-electron chi connectivity index (χ3n) is 9.42. The predicted molar refractivity (Wildman–Crippen MR) is 217 cm³/mol. The predicted octanol–water partition coefficient (Wildman–Crippen LogP) is 8.13. The molecule has 0 unspecified atom stereocenters. The summed E-state index contributed by atoms with van der Waals surface area (Å²) in [5.74, 6) is -2.34. The summed E-state index contributed by atoms with van der Waals surface area (Å²) in [5.41, 5.74) is 5.81. The molecule has 54 heavy (non-hydrogen) atoms. The van der Waals surface area contributed by atoms with Crippen molar-refractivity contribution < 1.29 is 18.8 Å². The Bertz CT molecular complexity index is 2420. The highest BCUT2D eigenvalue weighted by Gasteiger charge is 2.27. The van der Waals surface area contributed by atoms with Crippen LogP contribution in [0.25, 0.3) is 20.3 Å². The van der Waals surface area contributed by atoms with E-state index in [0.29, 0.717) is 18.7 Å². The molecule has 7 aromatic rings. The summed E-state index contributed by atoms with van der Waals surface area (Å²) in [5, 5.41) is 9.11. The fourth-order valence-electron chi connectivity index (χ4n) is 6.50. The Balaban J connectivity index is 1.10. The van der Waals surface area contributed by atoms with Gasteiger partial charge in [-0.25, -0.2) is 9.37 Å². The fourth-order valence-corrected chi connectivity index (χ4v) is 7.93. The maximum absolute atomic E-state index is 15.4. The van der Waals surface area contributed by atoms with Crippen molar-refractivity contribution in [3.05, 3.63) is 160 Å². The van der Waals surface area contributed by atoms with Crippen LogP contribution >= 0.6 is 22.7 Å². The zero-order valence-electron chi connectivity index (χ0n) is 29.7. The van der Waals surface area contributed by atoms with E-state index in [2.05, 4.69) is 50.2 Å². The van der Waals surface area contributed by atoms with Crippen LogP contribution in [0.3, 0.4) is 0 Å². The molecule has 2 N–H and O–H groups in total. The van der Waals surface area contributed by atoms with E-state index in [-0.39, 0.29) is 23.5 Å². The van der Waals surface area contributed by atoms with Gasteiger partial charge in [0.1, 0.15) is 11.9 Å². The van der Waals surface area contributed by atoms with Crippen LogP contribution in [-0.4, -0.2) is 55.4 Å². The van der Waals surface area contributed by atoms with Crippen molar-refractivity contribution in [2.75, 3.05) is 30.4 Å². The van der Waals surface area contributed by atoms with Gasteiger partial charge in [-0.2, -0.15) is 0 Å². The third kappa shape index (κ3) is 8.48. The largest absolute Gasteiger partial charge is 0.373 e. The number of nitrogens with zero attached hydrogens (tertiary/aromatic N) is 3. The van der Waals surface area contributed by atoms with Gasteiger partial charge in [0.25, 0.3) is 11.8 Å². The molecule has 0 fully saturated rings. The number of rotatable bonds is 13. The second-order valence-corrected chi connectivity index (χ2v) is 15.0. The van der Waals surface area contributed by atoms with Crippen LogP contribution in [0.2, 0.25) is 0 Å². The van der Waals surface area contributed by atoms with Crippen LogP contribution in [0.15, 0.2) is 132 Å². The fraction of sp³-hybridized carbons (Fsp3) is 0.163. The van der Waals surface area contributed by atoms with Gasteiger partial charge in [-0.1, -0.05) is 60.7 Å². The first-order chi connectivity index (χ1) is 26.2. The smallest absolute Gasteiger partial charge is 0.254 e. The van der Waals surface area contributed by atoms with Crippen LogP contribution in [0.5, 0.6) is 0 Å². The number of benzene rings is 5. The summed E-state index contributed by atoms with van der Waals surface area (Å²) < 4.78 is 17.6. The Morgan fingerprint density at radius 2 is 1.43 bits per heavy atom. The highest BCUT2D eigenvalue weighted by Crippen LogP contribution is 2.27. The van der Waals surface area contributed by atoms with Gasteiger partial charge in [-0.05, 0) is 89.0 Å². The number of amides is 3. The second kappa shape index (κ2) is 16.4. The lowest BCUT2D eigenvalue weighted by atomic mass is 10.0. The monoisotopic (exact) mass is 755 g/mol. The molecule has 3 amide bonds. The lowest BCUT2D eigenvalue weighted by molar-refractivity contribution is -0.120. The molecule has 0 saturated carbocycles. The van der Waals surface area contributed by atoms with Crippen LogP contribution in [0.4, 0.5) is 15.8 Å². The minimum Gasteiger partial charge on any atom is -0.373 e. The molecular formula is C43H38FN5O3S2. The molecular weight excluding hydrogens is 718 g/mol. The highest BCUT2D eigenvalue weighted by molar-refractivity contribution is 7.17. The number of anilines is 2. The second-order valence-electron chi connectivity index (χ2n) is 13.2. The number of aromatic nitrogens is 1. The number of hydrogen-bond donors (Lipinski definition) is 2. The number of carbonyl (C=O) groups is 3. The van der Waals surface area contributed by atoms with Crippen molar-refractivity contribution in [2.24, 2.45) is 0 Å². The number of nitrogens with one attached hydrogen (secondary N) is 2. The number of fused-ring (bicyclic) bond motifs is 2. The number of carbonyl (C=O) groups excluding carboxylic acids is 3. The van der Waals surface area contributed by atoms with E-state index in [0.717, 1.165) is 38.5 Å². The van der Waals surface area contributed by atoms with Crippen molar-refractivity contribution in [3.8, 4) is 0 Å². The van der Waals surface area contributed by atoms with Crippen molar-refractivity contribution >= 4 is 72.1 Å². The molecule has 11 heteroatoms. The summed E-state index contributed by atoms with van der Waals surface area (Å²) in [6, 6.07) is 35.4. The summed E-state index contributed by atoms with van der Waals surface area (Å²) in [7, 11) is 3.62. The molecule has 8 nitrogen and oxygen atoms in total. The van der Waals surface area contributed by atoms with Gasteiger partial charge in [0.05, 0.1) is 27.3 Å². The van der Waals surface area contributed by atoms with Crippen molar-refractivity contribution in [2.45, 2.75) is 24.9 Å². The molecule has 2 atom stereocenters. The number of hydrogen-bond acceptors (Lipinski definition) is 7. The van der Waals surface area contributed by atoms with E-state index in [1.54, 1.807) is 23.9 Å². The first-order valence-corrected chi connectivity index (χ1v) is 19.3. The molecule has 272 valence electrons. The lowest BCUT2D eigenvalue weighted by Crippen LogP contribution is -2.49. The normalized spacial score (nSPS) is 12.3. The van der Waals surface area contributed by atoms with E-state index in [1.165, 1.54) is 33.1 Å². The van der Waals surface area contributed by atoms with Crippen molar-refractivity contribution in [1.82, 2.24) is 15.6 Å². The highest BCUT2D eigenvalue weighted by atomic mass is 32.1. The van der Waals surface area contributed by atoms with Gasteiger partial charge in [0.15, 0.2) is 0 Å². The Morgan fingerprint density at radius 3 is 2.19 bits per heavy atom.